The minimum atomic E-state index is -3.52. The van der Waals surface area contributed by atoms with E-state index in [1.54, 1.807) is 30.3 Å². The van der Waals surface area contributed by atoms with E-state index in [9.17, 15) is 8.42 Å². The molecule has 0 radical (unpaired) electrons. The van der Waals surface area contributed by atoms with E-state index in [-0.39, 0.29) is 4.90 Å². The smallest absolute Gasteiger partial charge is 0.200 e. The highest BCUT2D eigenvalue weighted by Crippen LogP contribution is 2.40. The Balaban J connectivity index is 1.72. The van der Waals surface area contributed by atoms with Gasteiger partial charge in [0, 0.05) is 11.6 Å². The molecule has 94 valence electrons. The van der Waals surface area contributed by atoms with Gasteiger partial charge in [-0.3, -0.25) is 0 Å². The first-order chi connectivity index (χ1) is 8.67. The van der Waals surface area contributed by atoms with Gasteiger partial charge in [0.05, 0.1) is 4.90 Å². The molecule has 1 aromatic carbocycles. The van der Waals surface area contributed by atoms with Gasteiger partial charge in [-0.2, -0.15) is 13.5 Å². The van der Waals surface area contributed by atoms with Crippen LogP contribution >= 0.6 is 0 Å². The van der Waals surface area contributed by atoms with Crippen LogP contribution in [0.2, 0.25) is 0 Å². The lowest BCUT2D eigenvalue weighted by Crippen LogP contribution is -2.35. The van der Waals surface area contributed by atoms with Crippen molar-refractivity contribution in [2.24, 2.45) is 16.9 Å². The van der Waals surface area contributed by atoms with Gasteiger partial charge in [0.1, 0.15) is 0 Å². The van der Waals surface area contributed by atoms with Crippen LogP contribution in [0, 0.1) is 11.8 Å². The molecule has 0 aromatic heterocycles. The normalized spacial score (nSPS) is 27.9. The van der Waals surface area contributed by atoms with E-state index in [1.165, 1.54) is 0 Å². The van der Waals surface area contributed by atoms with E-state index >= 15 is 0 Å². The summed E-state index contributed by atoms with van der Waals surface area (Å²) in [4.78, 5) is 2.57. The van der Waals surface area contributed by atoms with Gasteiger partial charge in [-0.05, 0) is 30.9 Å². The lowest BCUT2D eigenvalue weighted by molar-refractivity contribution is 0.463. The lowest BCUT2D eigenvalue weighted by Gasteiger charge is -2.31. The summed E-state index contributed by atoms with van der Waals surface area (Å²) >= 11 is 0. The number of rotatable bonds is 3. The summed E-state index contributed by atoms with van der Waals surface area (Å²) in [6, 6.07) is 8.29. The van der Waals surface area contributed by atoms with Crippen LogP contribution in [0.1, 0.15) is 12.8 Å². The van der Waals surface area contributed by atoms with E-state index in [4.69, 9.17) is 0 Å². The predicted molar refractivity (Wildman–Crippen MR) is 69.6 cm³/mol. The van der Waals surface area contributed by atoms with Crippen molar-refractivity contribution < 1.29 is 8.42 Å². The maximum Gasteiger partial charge on any atom is 0.276 e. The van der Waals surface area contributed by atoms with Crippen molar-refractivity contribution in [3.05, 3.63) is 42.5 Å². The summed E-state index contributed by atoms with van der Waals surface area (Å²) in [5.74, 6) is 0.994. The zero-order valence-corrected chi connectivity index (χ0v) is 10.6. The molecule has 18 heavy (non-hydrogen) atoms. The van der Waals surface area contributed by atoms with Gasteiger partial charge < -0.3 is 0 Å². The van der Waals surface area contributed by atoms with E-state index in [1.807, 2.05) is 0 Å². The Morgan fingerprint density at radius 2 is 2.00 bits per heavy atom. The SMILES string of the molecule is O=S(=O)(N/N=C1\CC2C=CCC12)c1ccccc1. The maximum absolute atomic E-state index is 11.9. The molecule has 1 aromatic rings. The third kappa shape index (κ3) is 1.95. The number of nitrogens with one attached hydrogen (secondary N) is 1. The van der Waals surface area contributed by atoms with Crippen molar-refractivity contribution in [1.82, 2.24) is 4.83 Å². The van der Waals surface area contributed by atoms with Crippen LogP contribution < -0.4 is 4.83 Å². The molecule has 2 unspecified atom stereocenters. The molecule has 0 amide bonds. The number of nitrogens with zero attached hydrogens (tertiary/aromatic N) is 1. The molecule has 3 rings (SSSR count). The second kappa shape index (κ2) is 4.24. The topological polar surface area (TPSA) is 58.5 Å². The molecule has 2 atom stereocenters. The largest absolute Gasteiger partial charge is 0.276 e. The van der Waals surface area contributed by atoms with Crippen LogP contribution in [0.3, 0.4) is 0 Å². The molecule has 0 heterocycles. The molecule has 2 aliphatic carbocycles. The van der Waals surface area contributed by atoms with Crippen LogP contribution in [0.4, 0.5) is 0 Å². The summed E-state index contributed by atoms with van der Waals surface area (Å²) < 4.78 is 23.9. The maximum atomic E-state index is 11.9. The Hall–Kier alpha value is -1.62. The van der Waals surface area contributed by atoms with Crippen LogP contribution in [0.15, 0.2) is 52.5 Å². The molecule has 4 nitrogen and oxygen atoms in total. The van der Waals surface area contributed by atoms with Crippen LogP contribution in [-0.4, -0.2) is 14.1 Å². The van der Waals surface area contributed by atoms with Gasteiger partial charge in [0.25, 0.3) is 10.0 Å². The van der Waals surface area contributed by atoms with Gasteiger partial charge in [0.2, 0.25) is 0 Å². The number of benzene rings is 1. The Morgan fingerprint density at radius 3 is 2.72 bits per heavy atom. The fraction of sp³-hybridized carbons (Fsp3) is 0.308. The number of hydrogen-bond donors (Lipinski definition) is 1. The summed E-state index contributed by atoms with van der Waals surface area (Å²) in [5.41, 5.74) is 0.963. The Bertz CT molecular complexity index is 605. The van der Waals surface area contributed by atoms with Crippen molar-refractivity contribution >= 4 is 15.7 Å². The van der Waals surface area contributed by atoms with Crippen molar-refractivity contribution in [1.29, 1.82) is 0 Å². The predicted octanol–water partition coefficient (Wildman–Crippen LogP) is 1.92. The highest BCUT2D eigenvalue weighted by atomic mass is 32.2. The average Bonchev–Trinajstić information content (AvgIpc) is 2.72. The number of allylic oxidation sites excluding steroid dienone is 2. The molecule has 1 saturated carbocycles. The molecule has 0 saturated heterocycles. The second-order valence-corrected chi connectivity index (χ2v) is 6.31. The molecule has 0 bridgehead atoms. The zero-order chi connectivity index (χ0) is 12.6. The molecular formula is C13H14N2O2S. The van der Waals surface area contributed by atoms with E-state index in [0.29, 0.717) is 11.8 Å². The van der Waals surface area contributed by atoms with E-state index < -0.39 is 10.0 Å². The first-order valence-corrected chi connectivity index (χ1v) is 7.45. The summed E-state index contributed by atoms with van der Waals surface area (Å²) in [6.45, 7) is 0. The minimum absolute atomic E-state index is 0.245. The van der Waals surface area contributed by atoms with Crippen molar-refractivity contribution in [2.45, 2.75) is 17.7 Å². The fourth-order valence-electron chi connectivity index (χ4n) is 2.43. The van der Waals surface area contributed by atoms with Crippen LogP contribution in [0.25, 0.3) is 0 Å². The Labute approximate surface area is 106 Å². The first-order valence-electron chi connectivity index (χ1n) is 5.97. The average molecular weight is 262 g/mol. The summed E-state index contributed by atoms with van der Waals surface area (Å²) in [5, 5.41) is 4.06. The number of fused-ring (bicyclic) bond motifs is 1. The molecule has 2 aliphatic rings. The molecular weight excluding hydrogens is 248 g/mol. The van der Waals surface area contributed by atoms with Gasteiger partial charge in [0.15, 0.2) is 0 Å². The fourth-order valence-corrected chi connectivity index (χ4v) is 3.29. The molecule has 0 spiro atoms. The zero-order valence-electron chi connectivity index (χ0n) is 9.78. The monoisotopic (exact) mass is 262 g/mol. The lowest BCUT2D eigenvalue weighted by atomic mass is 9.74. The third-order valence-corrected chi connectivity index (χ3v) is 4.75. The Morgan fingerprint density at radius 1 is 1.22 bits per heavy atom. The first kappa shape index (κ1) is 11.5. The third-order valence-electron chi connectivity index (χ3n) is 3.53. The highest BCUT2D eigenvalue weighted by molar-refractivity contribution is 7.89. The number of hydrazone groups is 1. The van der Waals surface area contributed by atoms with Gasteiger partial charge >= 0.3 is 0 Å². The van der Waals surface area contributed by atoms with Crippen molar-refractivity contribution in [2.75, 3.05) is 0 Å². The van der Waals surface area contributed by atoms with E-state index in [2.05, 4.69) is 22.1 Å². The van der Waals surface area contributed by atoms with Crippen LogP contribution in [-0.2, 0) is 10.0 Å². The number of hydrogen-bond acceptors (Lipinski definition) is 3. The van der Waals surface area contributed by atoms with Crippen molar-refractivity contribution in [3.63, 3.8) is 0 Å². The summed E-state index contributed by atoms with van der Waals surface area (Å²) in [6.07, 6.45) is 6.19. The molecule has 0 aliphatic heterocycles. The van der Waals surface area contributed by atoms with Crippen LogP contribution in [0.5, 0.6) is 0 Å². The standard InChI is InChI=1S/C13H14N2O2S/c16-18(17,11-6-2-1-3-7-11)15-14-13-9-10-5-4-8-12(10)13/h1-7,10,12,15H,8-9H2/b14-13+. The minimum Gasteiger partial charge on any atom is -0.200 e. The molecule has 1 N–H and O–H groups in total. The summed E-state index contributed by atoms with van der Waals surface area (Å²) in [7, 11) is -3.52. The Kier molecular flexibility index (Phi) is 2.70. The second-order valence-electron chi connectivity index (χ2n) is 4.65. The number of sulfonamides is 1. The van der Waals surface area contributed by atoms with Gasteiger partial charge in [-0.15, -0.1) is 0 Å². The van der Waals surface area contributed by atoms with Gasteiger partial charge in [-0.25, -0.2) is 4.83 Å². The molecule has 1 fully saturated rings. The van der Waals surface area contributed by atoms with E-state index in [0.717, 1.165) is 18.6 Å². The quantitative estimate of drug-likeness (QED) is 0.668. The molecule has 5 heteroatoms. The highest BCUT2D eigenvalue weighted by Gasteiger charge is 2.38. The van der Waals surface area contributed by atoms with Crippen molar-refractivity contribution in [3.8, 4) is 0 Å². The van der Waals surface area contributed by atoms with Gasteiger partial charge in [-0.1, -0.05) is 30.4 Å².